The lowest BCUT2D eigenvalue weighted by atomic mass is 9.78. The van der Waals surface area contributed by atoms with Gasteiger partial charge >= 0.3 is 0 Å². The van der Waals surface area contributed by atoms with Crippen LogP contribution in [-0.2, 0) is 0 Å². The summed E-state index contributed by atoms with van der Waals surface area (Å²) < 4.78 is 0. The summed E-state index contributed by atoms with van der Waals surface area (Å²) in [6.07, 6.45) is 3.44. The molecule has 0 atom stereocenters. The molecule has 2 heterocycles. The first-order chi connectivity index (χ1) is 9.37. The molecule has 7 heteroatoms. The van der Waals surface area contributed by atoms with Crippen molar-refractivity contribution in [1.82, 2.24) is 9.97 Å². The number of anilines is 1. The van der Waals surface area contributed by atoms with Gasteiger partial charge in [0.1, 0.15) is 17.0 Å². The third kappa shape index (κ3) is 2.94. The van der Waals surface area contributed by atoms with Crippen LogP contribution in [0.25, 0.3) is 0 Å². The summed E-state index contributed by atoms with van der Waals surface area (Å²) in [5.41, 5.74) is 9.29. The fraction of sp³-hybridized carbons (Fsp3) is 0.500. The topological polar surface area (TPSA) is 67.4 Å². The van der Waals surface area contributed by atoms with Crippen LogP contribution in [-0.4, -0.2) is 29.8 Å². The van der Waals surface area contributed by atoms with Crippen LogP contribution < -0.4 is 10.6 Å². The van der Waals surface area contributed by atoms with E-state index in [1.54, 1.807) is 18.1 Å². The Morgan fingerprint density at radius 2 is 1.95 bits per heavy atom. The number of thioether (sulfide) groups is 1. The summed E-state index contributed by atoms with van der Waals surface area (Å²) >= 11 is 1.63. The molecule has 1 aromatic rings. The maximum Gasteiger partial charge on any atom is 0.158 e. The van der Waals surface area contributed by atoms with Gasteiger partial charge in [0.15, 0.2) is 5.82 Å². The minimum absolute atomic E-state index is 0. The largest absolute Gasteiger partial charge is 0.401 e. The Labute approximate surface area is 139 Å². The highest BCUT2D eigenvalue weighted by Crippen LogP contribution is 2.48. The second-order valence-electron chi connectivity index (χ2n) is 6.28. The number of aromatic nitrogens is 2. The van der Waals surface area contributed by atoms with Crippen molar-refractivity contribution in [2.75, 3.05) is 19.0 Å². The first-order valence-electron chi connectivity index (χ1n) is 6.64. The minimum Gasteiger partial charge on any atom is -0.401 e. The van der Waals surface area contributed by atoms with Gasteiger partial charge in [-0.1, -0.05) is 25.6 Å². The van der Waals surface area contributed by atoms with E-state index in [1.807, 2.05) is 19.0 Å². The summed E-state index contributed by atoms with van der Waals surface area (Å²) in [5, 5.41) is 0.894. The molecule has 21 heavy (non-hydrogen) atoms. The SMILES string of the molecule is Br.CN(C)c1ncnc2c1N=C1CC(C)(C)CC(N)=C1S2. The van der Waals surface area contributed by atoms with Gasteiger partial charge in [-0.2, -0.15) is 0 Å². The van der Waals surface area contributed by atoms with Gasteiger partial charge in [0.05, 0.1) is 10.6 Å². The molecule has 0 spiro atoms. The molecule has 3 rings (SSSR count). The van der Waals surface area contributed by atoms with Crippen LogP contribution in [0.2, 0.25) is 0 Å². The van der Waals surface area contributed by atoms with E-state index in [1.165, 1.54) is 0 Å². The molecule has 0 saturated carbocycles. The minimum atomic E-state index is 0. The summed E-state index contributed by atoms with van der Waals surface area (Å²) in [6, 6.07) is 0. The van der Waals surface area contributed by atoms with Crippen LogP contribution in [0, 0.1) is 5.41 Å². The molecule has 0 radical (unpaired) electrons. The molecule has 0 bridgehead atoms. The van der Waals surface area contributed by atoms with E-state index >= 15 is 0 Å². The number of halogens is 1. The van der Waals surface area contributed by atoms with Crippen molar-refractivity contribution in [3.63, 3.8) is 0 Å². The van der Waals surface area contributed by atoms with Crippen LogP contribution in [0.3, 0.4) is 0 Å². The van der Waals surface area contributed by atoms with Gasteiger partial charge in [-0.15, -0.1) is 17.0 Å². The normalized spacial score (nSPS) is 19.1. The average Bonchev–Trinajstić information content (AvgIpc) is 2.34. The highest BCUT2D eigenvalue weighted by atomic mass is 79.9. The quantitative estimate of drug-likeness (QED) is 0.769. The Morgan fingerprint density at radius 1 is 1.24 bits per heavy atom. The molecular weight excluding hydrogens is 350 g/mol. The van der Waals surface area contributed by atoms with Crippen LogP contribution in [0.1, 0.15) is 26.7 Å². The standard InChI is InChI=1S/C14H19N5S.BrH/c1-14(2)5-8(15)11-9(6-14)18-10-12(19(3)4)16-7-17-13(10)20-11;/h7H,5-6,15H2,1-4H3;1H. The van der Waals surface area contributed by atoms with Crippen molar-refractivity contribution < 1.29 is 0 Å². The predicted octanol–water partition coefficient (Wildman–Crippen LogP) is 3.29. The second kappa shape index (κ2) is 5.61. The Morgan fingerprint density at radius 3 is 2.62 bits per heavy atom. The number of allylic oxidation sites excluding steroid dienone is 2. The van der Waals surface area contributed by atoms with Gasteiger partial charge in [0.2, 0.25) is 0 Å². The summed E-state index contributed by atoms with van der Waals surface area (Å²) in [7, 11) is 3.94. The zero-order valence-corrected chi connectivity index (χ0v) is 15.2. The maximum atomic E-state index is 6.24. The van der Waals surface area contributed by atoms with Crippen molar-refractivity contribution in [1.29, 1.82) is 0 Å². The highest BCUT2D eigenvalue weighted by Gasteiger charge is 2.34. The van der Waals surface area contributed by atoms with Gasteiger partial charge in [-0.3, -0.25) is 0 Å². The molecule has 1 aromatic heterocycles. The third-order valence-corrected chi connectivity index (χ3v) is 4.70. The lowest BCUT2D eigenvalue weighted by molar-refractivity contribution is 0.371. The third-order valence-electron chi connectivity index (χ3n) is 3.51. The molecule has 2 aliphatic rings. The first-order valence-corrected chi connectivity index (χ1v) is 7.46. The van der Waals surface area contributed by atoms with E-state index in [-0.39, 0.29) is 22.4 Å². The number of aliphatic imine (C=N–C) groups is 1. The number of nitrogens with zero attached hydrogens (tertiary/aromatic N) is 4. The monoisotopic (exact) mass is 369 g/mol. The van der Waals surface area contributed by atoms with Crippen LogP contribution in [0.5, 0.6) is 0 Å². The Bertz CT molecular complexity index is 636. The molecular formula is C14H20BrN5S. The molecule has 0 unspecified atom stereocenters. The van der Waals surface area contributed by atoms with Crippen molar-refractivity contribution in [3.8, 4) is 0 Å². The lowest BCUT2D eigenvalue weighted by Gasteiger charge is -2.34. The van der Waals surface area contributed by atoms with Crippen molar-refractivity contribution in [3.05, 3.63) is 16.9 Å². The van der Waals surface area contributed by atoms with E-state index in [4.69, 9.17) is 10.7 Å². The van der Waals surface area contributed by atoms with E-state index < -0.39 is 0 Å². The van der Waals surface area contributed by atoms with Crippen LogP contribution in [0.4, 0.5) is 11.5 Å². The molecule has 1 aliphatic heterocycles. The lowest BCUT2D eigenvalue weighted by Crippen LogP contribution is -2.29. The Hall–Kier alpha value is -1.08. The Balaban J connectivity index is 0.00000161. The summed E-state index contributed by atoms with van der Waals surface area (Å²) in [5.74, 6) is 0.857. The molecule has 1 aliphatic carbocycles. The van der Waals surface area contributed by atoms with E-state index in [2.05, 4.69) is 23.8 Å². The van der Waals surface area contributed by atoms with Crippen molar-refractivity contribution in [2.24, 2.45) is 16.1 Å². The van der Waals surface area contributed by atoms with Gasteiger partial charge in [-0.05, 0) is 18.3 Å². The number of fused-ring (bicyclic) bond motifs is 2. The number of hydrogen-bond acceptors (Lipinski definition) is 6. The molecule has 0 aromatic carbocycles. The fourth-order valence-electron chi connectivity index (χ4n) is 2.68. The van der Waals surface area contributed by atoms with E-state index in [9.17, 15) is 0 Å². The number of nitrogens with two attached hydrogens (primary N) is 1. The van der Waals surface area contributed by atoms with Gasteiger partial charge in [0, 0.05) is 19.8 Å². The van der Waals surface area contributed by atoms with Crippen molar-refractivity contribution in [2.45, 2.75) is 31.7 Å². The number of hydrogen-bond donors (Lipinski definition) is 1. The molecule has 114 valence electrons. The average molecular weight is 370 g/mol. The van der Waals surface area contributed by atoms with Gasteiger partial charge < -0.3 is 10.6 Å². The number of rotatable bonds is 1. The fourth-order valence-corrected chi connectivity index (χ4v) is 3.64. The van der Waals surface area contributed by atoms with Gasteiger partial charge in [-0.25, -0.2) is 15.0 Å². The second-order valence-corrected chi connectivity index (χ2v) is 7.28. The molecule has 0 amide bonds. The summed E-state index contributed by atoms with van der Waals surface area (Å²) in [6.45, 7) is 4.46. The zero-order valence-electron chi connectivity index (χ0n) is 12.7. The predicted molar refractivity (Wildman–Crippen MR) is 93.9 cm³/mol. The van der Waals surface area contributed by atoms with E-state index in [0.717, 1.165) is 45.7 Å². The van der Waals surface area contributed by atoms with E-state index in [0.29, 0.717) is 0 Å². The highest BCUT2D eigenvalue weighted by molar-refractivity contribution is 8.93. The maximum absolute atomic E-state index is 6.24. The molecule has 0 saturated heterocycles. The van der Waals surface area contributed by atoms with Crippen LogP contribution >= 0.6 is 28.7 Å². The first kappa shape index (κ1) is 16.3. The molecule has 5 nitrogen and oxygen atoms in total. The van der Waals surface area contributed by atoms with Crippen LogP contribution in [0.15, 0.2) is 26.9 Å². The Kier molecular flexibility index (Phi) is 4.35. The van der Waals surface area contributed by atoms with Crippen molar-refractivity contribution >= 4 is 46.0 Å². The zero-order chi connectivity index (χ0) is 14.5. The molecule has 2 N–H and O–H groups in total. The summed E-state index contributed by atoms with van der Waals surface area (Å²) in [4.78, 5) is 16.6. The van der Waals surface area contributed by atoms with Gasteiger partial charge in [0.25, 0.3) is 0 Å². The smallest absolute Gasteiger partial charge is 0.158 e. The molecule has 0 fully saturated rings.